The smallest absolute Gasteiger partial charge is 0.189 e. The number of ether oxygens (including phenoxy) is 4. The molecule has 2 aliphatic carbocycles. The molecule has 2 aliphatic heterocycles. The largest absolute Gasteiger partial charge is 0.468 e. The van der Waals surface area contributed by atoms with E-state index in [9.17, 15) is 5.26 Å². The van der Waals surface area contributed by atoms with Crippen LogP contribution in [-0.2, 0) is 19.1 Å². The molecule has 5 atom stereocenters. The Kier molecular flexibility index (Phi) is 11.1. The van der Waals surface area contributed by atoms with Crippen LogP contribution in [0.3, 0.4) is 0 Å². The van der Waals surface area contributed by atoms with E-state index in [0.29, 0.717) is 25.0 Å². The van der Waals surface area contributed by atoms with Crippen LogP contribution in [0.25, 0.3) is 22.3 Å². The Morgan fingerprint density at radius 3 is 1.54 bits per heavy atom. The van der Waals surface area contributed by atoms with Crippen LogP contribution in [0.15, 0.2) is 97.1 Å². The van der Waals surface area contributed by atoms with Crippen molar-refractivity contribution in [1.29, 1.82) is 0 Å². The molecule has 274 valence electrons. The van der Waals surface area contributed by atoms with Crippen LogP contribution in [0.1, 0.15) is 99.8 Å². The lowest BCUT2D eigenvalue weighted by Gasteiger charge is -2.26. The summed E-state index contributed by atoms with van der Waals surface area (Å²) in [5, 5.41) is 10.1. The average Bonchev–Trinajstić information content (AvgIpc) is 3.80. The number of benzene rings is 4. The molecule has 5 unspecified atom stereocenters. The van der Waals surface area contributed by atoms with Gasteiger partial charge in [0.25, 0.3) is 0 Å². The molecule has 0 radical (unpaired) electrons. The Hall–Kier alpha value is -3.52. The van der Waals surface area contributed by atoms with Gasteiger partial charge in [-0.25, -0.2) is 4.89 Å². The normalized spacial score (nSPS) is 29.4. The Bertz CT molecular complexity index is 1700. The fourth-order valence-electron chi connectivity index (χ4n) is 9.16. The first-order valence-corrected chi connectivity index (χ1v) is 19.7. The first-order chi connectivity index (χ1) is 25.5. The summed E-state index contributed by atoms with van der Waals surface area (Å²) in [5.41, 5.74) is 8.54. The SMILES string of the molecule is CC1CCC(c2ccc(-c3ccc(OCOC4COC5C(C(OO)c6ccc(-c7ccc(C8CCC(C)CC8)cc7)cc6)COC45)cc3)cc2)CC1. The summed E-state index contributed by atoms with van der Waals surface area (Å²) in [6, 6.07) is 34.6. The molecule has 4 fully saturated rings. The molecule has 4 aliphatic rings. The molecule has 1 N–H and O–H groups in total. The van der Waals surface area contributed by atoms with Gasteiger partial charge in [0.1, 0.15) is 24.1 Å². The highest BCUT2D eigenvalue weighted by Crippen LogP contribution is 2.42. The highest BCUT2D eigenvalue weighted by molar-refractivity contribution is 5.65. The lowest BCUT2D eigenvalue weighted by Crippen LogP contribution is -2.34. The van der Waals surface area contributed by atoms with Crippen molar-refractivity contribution in [3.8, 4) is 28.0 Å². The van der Waals surface area contributed by atoms with E-state index in [2.05, 4.69) is 86.6 Å². The predicted octanol–water partition coefficient (Wildman–Crippen LogP) is 11.0. The van der Waals surface area contributed by atoms with Crippen LogP contribution in [-0.4, -0.2) is 43.6 Å². The Labute approximate surface area is 309 Å². The van der Waals surface area contributed by atoms with Gasteiger partial charge in [-0.2, -0.15) is 0 Å². The molecule has 0 amide bonds. The topological polar surface area (TPSA) is 66.4 Å². The van der Waals surface area contributed by atoms with Gasteiger partial charge in [-0.1, -0.05) is 124 Å². The molecule has 4 aromatic rings. The summed E-state index contributed by atoms with van der Waals surface area (Å²) >= 11 is 0. The molecule has 0 bridgehead atoms. The molecular weight excluding hydrogens is 649 g/mol. The zero-order chi connectivity index (χ0) is 35.4. The van der Waals surface area contributed by atoms with Crippen molar-refractivity contribution in [1.82, 2.24) is 0 Å². The highest BCUT2D eigenvalue weighted by atomic mass is 17.1. The first kappa shape index (κ1) is 35.5. The van der Waals surface area contributed by atoms with Gasteiger partial charge in [-0.05, 0) is 100 Å². The van der Waals surface area contributed by atoms with Crippen molar-refractivity contribution in [2.45, 2.75) is 101 Å². The molecule has 6 nitrogen and oxygen atoms in total. The minimum Gasteiger partial charge on any atom is -0.468 e. The maximum atomic E-state index is 10.1. The van der Waals surface area contributed by atoms with Crippen molar-refractivity contribution in [2.75, 3.05) is 20.0 Å². The van der Waals surface area contributed by atoms with Gasteiger partial charge in [-0.15, -0.1) is 0 Å². The fraction of sp³-hybridized carbons (Fsp3) is 0.478. The van der Waals surface area contributed by atoms with Crippen molar-refractivity contribution < 1.29 is 29.1 Å². The van der Waals surface area contributed by atoms with E-state index in [1.807, 2.05) is 24.3 Å². The van der Waals surface area contributed by atoms with Crippen molar-refractivity contribution in [3.05, 3.63) is 114 Å². The van der Waals surface area contributed by atoms with Crippen LogP contribution < -0.4 is 4.74 Å². The minimum atomic E-state index is -0.569. The summed E-state index contributed by atoms with van der Waals surface area (Å²) < 4.78 is 24.5. The van der Waals surface area contributed by atoms with Crippen LogP contribution in [0.5, 0.6) is 5.75 Å². The van der Waals surface area contributed by atoms with Gasteiger partial charge in [0, 0.05) is 5.92 Å². The van der Waals surface area contributed by atoms with Gasteiger partial charge in [-0.3, -0.25) is 5.26 Å². The second-order valence-electron chi connectivity index (χ2n) is 16.1. The number of hydrogen-bond donors (Lipinski definition) is 1. The van der Waals surface area contributed by atoms with E-state index in [1.54, 1.807) is 0 Å². The Morgan fingerprint density at radius 2 is 1.04 bits per heavy atom. The van der Waals surface area contributed by atoms with Crippen molar-refractivity contribution >= 4 is 0 Å². The standard InChI is InChI=1S/C46H54O6/c1-30-3-7-32(8-4-30)34-11-15-36(16-12-34)38-19-21-40(22-20-38)44(52-47)42-27-48-46-43(28-49-45(42)46)51-29-50-41-25-23-39(24-26-41)37-17-13-35(14-18-37)33-9-5-31(2)6-10-33/h11-26,30-33,42-47H,3-10,27-29H2,1-2H3. The van der Waals surface area contributed by atoms with Crippen molar-refractivity contribution in [2.24, 2.45) is 17.8 Å². The van der Waals surface area contributed by atoms with E-state index in [4.69, 9.17) is 23.8 Å². The lowest BCUT2D eigenvalue weighted by atomic mass is 9.79. The molecule has 8 rings (SSSR count). The third-order valence-electron chi connectivity index (χ3n) is 12.6. The zero-order valence-electron chi connectivity index (χ0n) is 30.7. The van der Waals surface area contributed by atoms with Gasteiger partial charge in [0.2, 0.25) is 0 Å². The molecule has 0 aromatic heterocycles. The molecule has 52 heavy (non-hydrogen) atoms. The van der Waals surface area contributed by atoms with Crippen LogP contribution >= 0.6 is 0 Å². The Morgan fingerprint density at radius 1 is 0.577 bits per heavy atom. The number of hydrogen-bond acceptors (Lipinski definition) is 6. The maximum absolute atomic E-state index is 10.1. The summed E-state index contributed by atoms with van der Waals surface area (Å²) in [7, 11) is 0. The molecule has 0 spiro atoms. The monoisotopic (exact) mass is 702 g/mol. The number of rotatable bonds is 11. The van der Waals surface area contributed by atoms with Crippen LogP contribution in [0.4, 0.5) is 0 Å². The molecule has 4 aromatic carbocycles. The summed E-state index contributed by atoms with van der Waals surface area (Å²) in [5.74, 6) is 3.70. The molecule has 2 heterocycles. The molecule has 2 saturated carbocycles. The summed E-state index contributed by atoms with van der Waals surface area (Å²) in [6.45, 7) is 5.65. The predicted molar refractivity (Wildman–Crippen MR) is 204 cm³/mol. The highest BCUT2D eigenvalue weighted by Gasteiger charge is 2.51. The number of fused-ring (bicyclic) bond motifs is 1. The van der Waals surface area contributed by atoms with E-state index in [-0.39, 0.29) is 31.0 Å². The van der Waals surface area contributed by atoms with Gasteiger partial charge in [0.15, 0.2) is 6.79 Å². The zero-order valence-corrected chi connectivity index (χ0v) is 30.7. The van der Waals surface area contributed by atoms with E-state index in [1.165, 1.54) is 79.2 Å². The average molecular weight is 703 g/mol. The lowest BCUT2D eigenvalue weighted by molar-refractivity contribution is -0.298. The van der Waals surface area contributed by atoms with E-state index in [0.717, 1.165) is 28.7 Å². The Balaban J connectivity index is 0.816. The van der Waals surface area contributed by atoms with Crippen molar-refractivity contribution in [3.63, 3.8) is 0 Å². The third kappa shape index (κ3) is 7.88. The van der Waals surface area contributed by atoms with Gasteiger partial charge >= 0.3 is 0 Å². The summed E-state index contributed by atoms with van der Waals surface area (Å²) in [4.78, 5) is 5.09. The summed E-state index contributed by atoms with van der Waals surface area (Å²) in [6.07, 6.45) is 9.19. The molecular formula is C46H54O6. The van der Waals surface area contributed by atoms with Gasteiger partial charge in [0.05, 0.1) is 19.3 Å². The second kappa shape index (κ2) is 16.2. The first-order valence-electron chi connectivity index (χ1n) is 19.7. The fourth-order valence-corrected chi connectivity index (χ4v) is 9.16. The van der Waals surface area contributed by atoms with Gasteiger partial charge < -0.3 is 18.9 Å². The van der Waals surface area contributed by atoms with Crippen LogP contribution in [0.2, 0.25) is 0 Å². The minimum absolute atomic E-state index is 0.0988. The third-order valence-corrected chi connectivity index (χ3v) is 12.6. The van der Waals surface area contributed by atoms with E-state index >= 15 is 0 Å². The quantitative estimate of drug-likeness (QED) is 0.0953. The molecule has 2 saturated heterocycles. The second-order valence-corrected chi connectivity index (χ2v) is 16.1. The van der Waals surface area contributed by atoms with Crippen LogP contribution in [0, 0.1) is 17.8 Å². The van der Waals surface area contributed by atoms with E-state index < -0.39 is 6.10 Å². The maximum Gasteiger partial charge on any atom is 0.189 e. The molecule has 6 heteroatoms.